The van der Waals surface area contributed by atoms with Crippen LogP contribution in [0.2, 0.25) is 0 Å². The van der Waals surface area contributed by atoms with Gasteiger partial charge in [-0.2, -0.15) is 47.0 Å². The maximum atomic E-state index is 13.0. The number of carboxylic acid groups (broad SMARTS) is 4. The number of carbonyl (C=O) groups excluding carboxylic acids is 4. The van der Waals surface area contributed by atoms with Crippen LogP contribution < -0.4 is 0 Å². The van der Waals surface area contributed by atoms with Gasteiger partial charge in [0.15, 0.2) is 0 Å². The van der Waals surface area contributed by atoms with E-state index >= 15 is 0 Å². The number of thioether (sulfide) groups is 4. The Kier molecular flexibility index (Phi) is 43.0. The summed E-state index contributed by atoms with van der Waals surface area (Å²) in [5.41, 5.74) is -1.42. The molecular formula is C52H90O20S4. The van der Waals surface area contributed by atoms with Gasteiger partial charge in [0.25, 0.3) is 0 Å². The summed E-state index contributed by atoms with van der Waals surface area (Å²) in [7, 11) is 0. The monoisotopic (exact) mass is 1160 g/mol. The van der Waals surface area contributed by atoms with E-state index < -0.39 is 53.4 Å². The molecule has 0 aromatic heterocycles. The molecule has 0 fully saturated rings. The molecule has 0 bridgehead atoms. The number of hydrogen-bond acceptors (Lipinski definition) is 20. The molecule has 0 aliphatic rings. The fourth-order valence-corrected chi connectivity index (χ4v) is 12.8. The minimum atomic E-state index is -1.42. The van der Waals surface area contributed by atoms with E-state index in [1.54, 1.807) is 0 Å². The minimum Gasteiger partial charge on any atom is -0.481 e. The highest BCUT2D eigenvalue weighted by molar-refractivity contribution is 8.01. The van der Waals surface area contributed by atoms with Crippen LogP contribution in [0.5, 0.6) is 0 Å². The first-order valence-corrected chi connectivity index (χ1v) is 30.5. The second-order valence-electron chi connectivity index (χ2n) is 18.1. The third kappa shape index (κ3) is 37.7. The molecule has 0 aliphatic heterocycles. The van der Waals surface area contributed by atoms with E-state index in [1.165, 1.54) is 47.0 Å². The number of carbonyl (C=O) groups is 8. The first-order chi connectivity index (χ1) is 36.2. The van der Waals surface area contributed by atoms with Gasteiger partial charge in [-0.25, -0.2) is 0 Å². The SMILES string of the molecule is CCC(CC(=O)O)SC(CC)CC(=O)OCCOCC(COCCOC(=O)CC(CC)SC(CC)CC(=O)O)(COCCOC(=O)CC(CC)SC(CC)CC(=O)O)OCCOC(=O)CC(CC)SC(CC)CC(=O)O. The lowest BCUT2D eigenvalue weighted by Crippen LogP contribution is -2.48. The number of ether oxygens (including phenoxy) is 8. The zero-order chi connectivity index (χ0) is 57.3. The van der Waals surface area contributed by atoms with E-state index in [1.807, 2.05) is 55.4 Å². The highest BCUT2D eigenvalue weighted by Gasteiger charge is 2.34. The molecule has 0 aliphatic carbocycles. The summed E-state index contributed by atoms with van der Waals surface area (Å²) in [5.74, 6) is -5.58. The number of aliphatic carboxylic acids is 4. The Balaban J connectivity index is 6.22. The molecule has 0 saturated carbocycles. The van der Waals surface area contributed by atoms with Gasteiger partial charge in [-0.05, 0) is 51.4 Å². The van der Waals surface area contributed by atoms with Gasteiger partial charge in [-0.3, -0.25) is 38.4 Å². The average molecular weight is 1160 g/mol. The van der Waals surface area contributed by atoms with Crippen LogP contribution in [-0.4, -0.2) is 188 Å². The van der Waals surface area contributed by atoms with Crippen molar-refractivity contribution in [3.05, 3.63) is 0 Å². The molecule has 0 saturated heterocycles. The highest BCUT2D eigenvalue weighted by atomic mass is 32.2. The van der Waals surface area contributed by atoms with E-state index in [4.69, 9.17) is 37.9 Å². The quantitative estimate of drug-likeness (QED) is 0.0252. The van der Waals surface area contributed by atoms with Gasteiger partial charge in [0.05, 0.1) is 97.6 Å². The van der Waals surface area contributed by atoms with Gasteiger partial charge in [0, 0.05) is 42.0 Å². The molecular weight excluding hydrogens is 1070 g/mol. The maximum Gasteiger partial charge on any atom is 0.306 e. The van der Waals surface area contributed by atoms with Gasteiger partial charge in [-0.1, -0.05) is 55.4 Å². The lowest BCUT2D eigenvalue weighted by Gasteiger charge is -2.33. The van der Waals surface area contributed by atoms with Gasteiger partial charge >= 0.3 is 47.8 Å². The predicted molar refractivity (Wildman–Crippen MR) is 295 cm³/mol. The second kappa shape index (κ2) is 44.8. The summed E-state index contributed by atoms with van der Waals surface area (Å²) >= 11 is 5.80. The third-order valence-corrected chi connectivity index (χ3v) is 18.8. The lowest BCUT2D eigenvalue weighted by atomic mass is 10.1. The average Bonchev–Trinajstić information content (AvgIpc) is 3.36. The van der Waals surface area contributed by atoms with E-state index in [-0.39, 0.29) is 166 Å². The van der Waals surface area contributed by atoms with Crippen molar-refractivity contribution >= 4 is 94.8 Å². The molecule has 0 aromatic carbocycles. The molecule has 4 N–H and O–H groups in total. The molecule has 0 aromatic rings. The van der Waals surface area contributed by atoms with Crippen molar-refractivity contribution in [2.75, 3.05) is 72.7 Å². The second-order valence-corrected chi connectivity index (χ2v) is 24.5. The molecule has 0 rings (SSSR count). The summed E-state index contributed by atoms with van der Waals surface area (Å²) in [6.45, 7) is 13.7. The molecule has 20 nitrogen and oxygen atoms in total. The molecule has 442 valence electrons. The summed E-state index contributed by atoms with van der Waals surface area (Å²) < 4.78 is 46.5. The van der Waals surface area contributed by atoms with Gasteiger partial charge < -0.3 is 58.3 Å². The Morgan fingerprint density at radius 3 is 0.711 bits per heavy atom. The zero-order valence-corrected chi connectivity index (χ0v) is 49.4. The maximum absolute atomic E-state index is 13.0. The first kappa shape index (κ1) is 73.0. The van der Waals surface area contributed by atoms with Crippen LogP contribution in [0, 0.1) is 0 Å². The van der Waals surface area contributed by atoms with Crippen LogP contribution >= 0.6 is 47.0 Å². The van der Waals surface area contributed by atoms with Crippen molar-refractivity contribution in [2.45, 2.75) is 206 Å². The Labute approximate surface area is 467 Å². The molecule has 0 radical (unpaired) electrons. The summed E-state index contributed by atoms with van der Waals surface area (Å²) in [5, 5.41) is 35.9. The smallest absolute Gasteiger partial charge is 0.306 e. The normalized spacial score (nSPS) is 15.4. The van der Waals surface area contributed by atoms with Gasteiger partial charge in [-0.15, -0.1) is 0 Å². The van der Waals surface area contributed by atoms with Gasteiger partial charge in [0.1, 0.15) is 32.0 Å². The zero-order valence-electron chi connectivity index (χ0n) is 46.2. The molecule has 0 spiro atoms. The van der Waals surface area contributed by atoms with E-state index in [9.17, 15) is 58.8 Å². The van der Waals surface area contributed by atoms with E-state index in [0.717, 1.165) is 0 Å². The van der Waals surface area contributed by atoms with Crippen LogP contribution in [0.1, 0.15) is 158 Å². The minimum absolute atomic E-state index is 0.0179. The van der Waals surface area contributed by atoms with Crippen molar-refractivity contribution in [3.63, 3.8) is 0 Å². The van der Waals surface area contributed by atoms with Crippen LogP contribution in [0.25, 0.3) is 0 Å². The van der Waals surface area contributed by atoms with Crippen molar-refractivity contribution in [1.29, 1.82) is 0 Å². The van der Waals surface area contributed by atoms with Crippen LogP contribution in [0.4, 0.5) is 0 Å². The first-order valence-electron chi connectivity index (χ1n) is 26.7. The third-order valence-electron chi connectivity index (χ3n) is 11.7. The molecule has 76 heavy (non-hydrogen) atoms. The summed E-state index contributed by atoms with van der Waals surface area (Å²) in [4.78, 5) is 97.0. The standard InChI is InChI=1S/C52H90O20S4/c1-9-36(25-44(53)54)73-40(13-5)29-48(61)68-20-17-65-33-52(72-24-23-71-51(64)32-43(16-8)76-39(12-4)28-47(59)60,34-66-18-21-69-49(62)30-41(14-6)74-37(10-2)26-45(55)56)35-67-19-22-70-50(63)31-42(15-7)75-38(11-3)27-46(57)58/h36-43H,9-35H2,1-8H3,(H,53,54)(H,55,56)(H,57,58)(H,59,60). The largest absolute Gasteiger partial charge is 0.481 e. The van der Waals surface area contributed by atoms with Crippen molar-refractivity contribution in [3.8, 4) is 0 Å². The fourth-order valence-electron chi connectivity index (χ4n) is 7.24. The molecule has 24 heteroatoms. The van der Waals surface area contributed by atoms with Gasteiger partial charge in [0.2, 0.25) is 0 Å². The summed E-state index contributed by atoms with van der Waals surface area (Å²) in [6, 6.07) is 0. The van der Waals surface area contributed by atoms with E-state index in [2.05, 4.69) is 0 Å². The van der Waals surface area contributed by atoms with Crippen LogP contribution in [-0.2, 0) is 76.3 Å². The Bertz CT molecular complexity index is 1520. The van der Waals surface area contributed by atoms with Crippen LogP contribution in [0.3, 0.4) is 0 Å². The Hall–Kier alpha value is -3.00. The van der Waals surface area contributed by atoms with Crippen LogP contribution in [0.15, 0.2) is 0 Å². The van der Waals surface area contributed by atoms with E-state index in [0.29, 0.717) is 51.4 Å². The molecule has 0 heterocycles. The Morgan fingerprint density at radius 1 is 0.316 bits per heavy atom. The highest BCUT2D eigenvalue weighted by Crippen LogP contribution is 2.31. The predicted octanol–water partition coefficient (Wildman–Crippen LogP) is 8.59. The van der Waals surface area contributed by atoms with Crippen molar-refractivity contribution in [1.82, 2.24) is 0 Å². The van der Waals surface area contributed by atoms with Crippen molar-refractivity contribution in [2.24, 2.45) is 0 Å². The number of hydrogen-bond donors (Lipinski definition) is 4. The summed E-state index contributed by atoms with van der Waals surface area (Å²) in [6.07, 6.45) is 5.19. The number of esters is 4. The van der Waals surface area contributed by atoms with Crippen molar-refractivity contribution < 1.29 is 96.7 Å². The lowest BCUT2D eigenvalue weighted by molar-refractivity contribution is -0.182. The molecule has 8 unspecified atom stereocenters. The number of rotatable bonds is 51. The molecule has 8 atom stereocenters. The number of carboxylic acids is 4. The topological polar surface area (TPSA) is 291 Å². The fraction of sp³-hybridized carbons (Fsp3) is 0.846. The Morgan fingerprint density at radius 2 is 0.513 bits per heavy atom. The molecule has 0 amide bonds.